The van der Waals surface area contributed by atoms with E-state index in [1.807, 2.05) is 0 Å². The molecular formula is C25H35NO11. The Balaban J connectivity index is 2.25. The molecule has 1 saturated carbocycles. The molecule has 0 amide bonds. The van der Waals surface area contributed by atoms with Gasteiger partial charge in [-0.1, -0.05) is 19.4 Å². The second-order valence-electron chi connectivity index (χ2n) is 8.58. The lowest BCUT2D eigenvalue weighted by Crippen LogP contribution is -2.40. The lowest BCUT2D eigenvalue weighted by Gasteiger charge is -2.28. The molecule has 206 valence electrons. The Kier molecular flexibility index (Phi) is 11.9. The van der Waals surface area contributed by atoms with E-state index >= 15 is 0 Å². The molecule has 12 nitrogen and oxygen atoms in total. The van der Waals surface area contributed by atoms with Crippen LogP contribution < -0.4 is 15.2 Å². The van der Waals surface area contributed by atoms with Crippen molar-refractivity contribution >= 4 is 24.4 Å². The van der Waals surface area contributed by atoms with Crippen molar-refractivity contribution < 1.29 is 52.7 Å². The Morgan fingerprint density at radius 3 is 2.08 bits per heavy atom. The molecule has 2 unspecified atom stereocenters. The maximum atomic E-state index is 12.2. The third kappa shape index (κ3) is 9.45. The van der Waals surface area contributed by atoms with Crippen LogP contribution in [0.15, 0.2) is 18.2 Å². The number of ether oxygens (including phenoxy) is 6. The van der Waals surface area contributed by atoms with Crippen LogP contribution in [0.3, 0.4) is 0 Å². The monoisotopic (exact) mass is 525 g/mol. The van der Waals surface area contributed by atoms with Gasteiger partial charge in [-0.15, -0.1) is 0 Å². The van der Waals surface area contributed by atoms with Crippen LogP contribution in [-0.2, 0) is 23.7 Å². The largest absolute Gasteiger partial charge is 0.513 e. The molecule has 0 aliphatic heterocycles. The van der Waals surface area contributed by atoms with Crippen molar-refractivity contribution in [2.24, 2.45) is 11.7 Å². The van der Waals surface area contributed by atoms with Gasteiger partial charge in [0.2, 0.25) is 0 Å². The van der Waals surface area contributed by atoms with Gasteiger partial charge in [-0.2, -0.15) is 0 Å². The Morgan fingerprint density at radius 2 is 1.51 bits per heavy atom. The Hall–Kier alpha value is -3.54. The summed E-state index contributed by atoms with van der Waals surface area (Å²) in [6.07, 6.45) is 1.52. The van der Waals surface area contributed by atoms with E-state index in [1.54, 1.807) is 20.8 Å². The summed E-state index contributed by atoms with van der Waals surface area (Å²) in [5, 5.41) is 9.62. The summed E-state index contributed by atoms with van der Waals surface area (Å²) in [5.74, 6) is -3.13. The van der Waals surface area contributed by atoms with E-state index in [1.165, 1.54) is 18.2 Å². The van der Waals surface area contributed by atoms with Gasteiger partial charge in [0, 0.05) is 5.92 Å². The maximum Gasteiger partial charge on any atom is 0.513 e. The lowest BCUT2D eigenvalue weighted by molar-refractivity contribution is -0.139. The van der Waals surface area contributed by atoms with Gasteiger partial charge in [0.1, 0.15) is 12.1 Å². The fourth-order valence-electron chi connectivity index (χ4n) is 4.07. The SMILES string of the molecule is CCOC(=O)Oc1ccc(C(C(C)COC(=O)OC2CCCCC2)[C@H](N)C(=O)O)cc1OC(=O)OCC. The number of carboxylic acids is 1. The number of hydrogen-bond acceptors (Lipinski definition) is 11. The van der Waals surface area contributed by atoms with Crippen LogP contribution in [0.5, 0.6) is 11.5 Å². The van der Waals surface area contributed by atoms with Crippen molar-refractivity contribution in [3.63, 3.8) is 0 Å². The third-order valence-electron chi connectivity index (χ3n) is 5.83. The Bertz CT molecular complexity index is 929. The van der Waals surface area contributed by atoms with E-state index in [4.69, 9.17) is 34.2 Å². The first-order valence-electron chi connectivity index (χ1n) is 12.3. The van der Waals surface area contributed by atoms with Crippen LogP contribution in [0, 0.1) is 5.92 Å². The van der Waals surface area contributed by atoms with Crippen LogP contribution in [0.4, 0.5) is 14.4 Å². The molecule has 0 saturated heterocycles. The molecule has 12 heteroatoms. The molecule has 1 aliphatic rings. The molecule has 0 radical (unpaired) electrons. The predicted molar refractivity (Wildman–Crippen MR) is 129 cm³/mol. The molecule has 0 spiro atoms. The van der Waals surface area contributed by atoms with E-state index in [-0.39, 0.29) is 37.4 Å². The summed E-state index contributed by atoms with van der Waals surface area (Å²) in [6.45, 7) is 4.75. The van der Waals surface area contributed by atoms with Gasteiger partial charge >= 0.3 is 24.4 Å². The van der Waals surface area contributed by atoms with Crippen molar-refractivity contribution in [1.29, 1.82) is 0 Å². The minimum atomic E-state index is -1.40. The molecule has 1 aliphatic carbocycles. The average molecular weight is 526 g/mol. The first-order chi connectivity index (χ1) is 17.7. The number of hydrogen-bond donors (Lipinski definition) is 2. The fourth-order valence-corrected chi connectivity index (χ4v) is 4.07. The second-order valence-corrected chi connectivity index (χ2v) is 8.58. The van der Waals surface area contributed by atoms with Crippen molar-refractivity contribution in [3.05, 3.63) is 23.8 Å². The highest BCUT2D eigenvalue weighted by molar-refractivity contribution is 5.75. The van der Waals surface area contributed by atoms with Crippen molar-refractivity contribution in [1.82, 2.24) is 0 Å². The van der Waals surface area contributed by atoms with Crippen LogP contribution in [-0.4, -0.2) is 61.5 Å². The zero-order valence-corrected chi connectivity index (χ0v) is 21.3. The number of carboxylic acid groups (broad SMARTS) is 1. The van der Waals surface area contributed by atoms with Crippen molar-refractivity contribution in [3.8, 4) is 11.5 Å². The van der Waals surface area contributed by atoms with Crippen LogP contribution in [0.25, 0.3) is 0 Å². The number of benzene rings is 1. The summed E-state index contributed by atoms with van der Waals surface area (Å²) < 4.78 is 30.4. The van der Waals surface area contributed by atoms with Gasteiger partial charge < -0.3 is 39.3 Å². The predicted octanol–water partition coefficient (Wildman–Crippen LogP) is 4.37. The number of nitrogens with two attached hydrogens (primary N) is 1. The first kappa shape index (κ1) is 29.7. The van der Waals surface area contributed by atoms with E-state index in [0.717, 1.165) is 32.1 Å². The van der Waals surface area contributed by atoms with Crippen molar-refractivity contribution in [2.75, 3.05) is 19.8 Å². The summed E-state index contributed by atoms with van der Waals surface area (Å²) in [5.41, 5.74) is 6.33. The highest BCUT2D eigenvalue weighted by Crippen LogP contribution is 2.36. The molecule has 0 aromatic heterocycles. The van der Waals surface area contributed by atoms with E-state index < -0.39 is 42.3 Å². The topological polar surface area (TPSA) is 170 Å². The molecular weight excluding hydrogens is 490 g/mol. The maximum absolute atomic E-state index is 12.2. The summed E-state index contributed by atoms with van der Waals surface area (Å²) in [7, 11) is 0. The quantitative estimate of drug-likeness (QED) is 0.238. The van der Waals surface area contributed by atoms with E-state index in [0.29, 0.717) is 5.56 Å². The molecule has 37 heavy (non-hydrogen) atoms. The molecule has 1 aromatic carbocycles. The lowest BCUT2D eigenvalue weighted by atomic mass is 9.82. The van der Waals surface area contributed by atoms with Crippen LogP contribution >= 0.6 is 0 Å². The van der Waals surface area contributed by atoms with Gasteiger partial charge in [-0.25, -0.2) is 14.4 Å². The Labute approximate surface area is 215 Å². The molecule has 1 aromatic rings. The van der Waals surface area contributed by atoms with Gasteiger partial charge in [-0.3, -0.25) is 4.79 Å². The number of rotatable bonds is 11. The minimum absolute atomic E-state index is 0.0322. The number of carbonyl (C=O) groups is 4. The number of aliphatic carboxylic acids is 1. The second kappa shape index (κ2) is 14.9. The molecule has 3 atom stereocenters. The minimum Gasteiger partial charge on any atom is -0.480 e. The molecule has 1 fully saturated rings. The van der Waals surface area contributed by atoms with Crippen LogP contribution in [0.2, 0.25) is 0 Å². The standard InChI is InChI=1S/C25H35NO11/c1-4-32-23(29)36-18-12-11-16(13-19(18)37-24(30)33-5-2)20(21(26)22(27)28)15(3)14-34-25(31)35-17-9-7-6-8-10-17/h11-13,15,17,20-21H,4-10,14,26H2,1-3H3,(H,27,28)/t15?,20?,21-/m0/s1. The van der Waals surface area contributed by atoms with Gasteiger partial charge in [-0.05, 0) is 63.1 Å². The van der Waals surface area contributed by atoms with Crippen LogP contribution in [0.1, 0.15) is 64.4 Å². The highest BCUT2D eigenvalue weighted by atomic mass is 16.7. The summed E-state index contributed by atoms with van der Waals surface area (Å²) in [6, 6.07) is 2.69. The molecule has 0 bridgehead atoms. The average Bonchev–Trinajstić information content (AvgIpc) is 2.85. The van der Waals surface area contributed by atoms with Crippen molar-refractivity contribution in [2.45, 2.75) is 70.9 Å². The summed E-state index contributed by atoms with van der Waals surface area (Å²) in [4.78, 5) is 47.8. The first-order valence-corrected chi connectivity index (χ1v) is 12.3. The van der Waals surface area contributed by atoms with Gasteiger partial charge in [0.25, 0.3) is 0 Å². The molecule has 3 N–H and O–H groups in total. The molecule has 2 rings (SSSR count). The third-order valence-corrected chi connectivity index (χ3v) is 5.83. The zero-order valence-electron chi connectivity index (χ0n) is 21.3. The number of carbonyl (C=O) groups excluding carboxylic acids is 3. The molecule has 0 heterocycles. The smallest absolute Gasteiger partial charge is 0.480 e. The normalized spacial score (nSPS) is 16.0. The highest BCUT2D eigenvalue weighted by Gasteiger charge is 2.33. The van der Waals surface area contributed by atoms with E-state index in [9.17, 15) is 24.3 Å². The van der Waals surface area contributed by atoms with Gasteiger partial charge in [0.05, 0.1) is 19.8 Å². The Morgan fingerprint density at radius 1 is 0.919 bits per heavy atom. The zero-order chi connectivity index (χ0) is 27.4. The van der Waals surface area contributed by atoms with Gasteiger partial charge in [0.15, 0.2) is 11.5 Å². The fraction of sp³-hybridized carbons (Fsp3) is 0.600. The van der Waals surface area contributed by atoms with E-state index in [2.05, 4.69) is 0 Å². The summed E-state index contributed by atoms with van der Waals surface area (Å²) >= 11 is 0.